The van der Waals surface area contributed by atoms with Crippen molar-refractivity contribution in [1.82, 2.24) is 0 Å². The first-order valence-corrected chi connectivity index (χ1v) is 24.1. The first-order valence-electron chi connectivity index (χ1n) is 24.1. The Kier molecular flexibility index (Phi) is 10.9. The van der Waals surface area contributed by atoms with Crippen molar-refractivity contribution in [3.8, 4) is 56.0 Å². The molecule has 0 saturated carbocycles. The Balaban J connectivity index is 0.964. The van der Waals surface area contributed by atoms with Crippen LogP contribution < -0.4 is 14.5 Å². The molecule has 10 aromatic rings. The van der Waals surface area contributed by atoms with Gasteiger partial charge < -0.3 is 14.5 Å². The Morgan fingerprint density at radius 2 is 0.900 bits per heavy atom. The zero-order valence-corrected chi connectivity index (χ0v) is 39.2. The number of hydrogen-bond acceptors (Lipinski definition) is 3. The van der Waals surface area contributed by atoms with Gasteiger partial charge in [0.05, 0.1) is 5.69 Å². The fourth-order valence-electron chi connectivity index (χ4n) is 10.2. The summed E-state index contributed by atoms with van der Waals surface area (Å²) in [5.41, 5.74) is 17.9. The number of fused-ring (bicyclic) bond motifs is 3. The maximum atomic E-state index is 7.05. The Morgan fingerprint density at radius 3 is 1.49 bits per heavy atom. The summed E-state index contributed by atoms with van der Waals surface area (Å²) in [7, 11) is 0. The van der Waals surface area contributed by atoms with E-state index < -0.39 is 0 Å². The van der Waals surface area contributed by atoms with Gasteiger partial charge in [-0.1, -0.05) is 202 Å². The van der Waals surface area contributed by atoms with E-state index in [1.165, 1.54) is 44.5 Å². The Hall–Kier alpha value is -8.92. The van der Waals surface area contributed by atoms with Crippen LogP contribution in [-0.4, -0.2) is 0 Å². The van der Waals surface area contributed by atoms with E-state index in [-0.39, 0.29) is 5.41 Å². The summed E-state index contributed by atoms with van der Waals surface area (Å²) < 4.78 is 7.05. The molecule has 0 aromatic heterocycles. The smallest absolute Gasteiger partial charge is 0.137 e. The van der Waals surface area contributed by atoms with E-state index in [1.807, 2.05) is 0 Å². The zero-order chi connectivity index (χ0) is 47.0. The lowest BCUT2D eigenvalue weighted by atomic mass is 9.81. The van der Waals surface area contributed by atoms with Crippen LogP contribution in [0.1, 0.15) is 25.0 Å². The second-order valence-electron chi connectivity index (χ2n) is 18.6. The lowest BCUT2D eigenvalue weighted by molar-refractivity contribution is 0.487. The van der Waals surface area contributed by atoms with Gasteiger partial charge in [-0.3, -0.25) is 0 Å². The first kappa shape index (κ1) is 42.4. The molecule has 1 aliphatic heterocycles. The van der Waals surface area contributed by atoms with E-state index in [1.54, 1.807) is 0 Å². The van der Waals surface area contributed by atoms with Crippen molar-refractivity contribution < 1.29 is 4.74 Å². The maximum Gasteiger partial charge on any atom is 0.137 e. The van der Waals surface area contributed by atoms with Gasteiger partial charge in [0.1, 0.15) is 11.5 Å². The van der Waals surface area contributed by atoms with Gasteiger partial charge in [0.25, 0.3) is 0 Å². The summed E-state index contributed by atoms with van der Waals surface area (Å²) in [5, 5.41) is 2.20. The zero-order valence-electron chi connectivity index (χ0n) is 39.2. The summed E-state index contributed by atoms with van der Waals surface area (Å²) in [5.74, 6) is 1.65. The van der Waals surface area contributed by atoms with Crippen molar-refractivity contribution in [3.63, 3.8) is 0 Å². The fraction of sp³-hybridized carbons (Fsp3) is 0.0448. The monoisotopic (exact) mass is 898 g/mol. The Morgan fingerprint density at radius 1 is 0.386 bits per heavy atom. The van der Waals surface area contributed by atoms with E-state index in [2.05, 4.69) is 291 Å². The van der Waals surface area contributed by atoms with Gasteiger partial charge in [-0.25, -0.2) is 0 Å². The molecule has 0 unspecified atom stereocenters. The standard InChI is InChI=1S/C67H50N2O/c1-67(2)45-44-54(24-14-23-53-22-12-13-27-62(53)67)69(57-38-32-52(33-39-57)49-20-10-5-11-21-49)63-42-43-64-66-60(25-15-26-61(63)66)59-41-40-58(46-65(59)70-64)68(55-34-28-50(29-35-55)47-16-6-3-7-17-47)56-36-30-51(31-37-56)48-18-8-4-9-19-48/h3-46H,1-2H3/b23-14+,45-44+,54-24+. The second kappa shape index (κ2) is 18.0. The van der Waals surface area contributed by atoms with Crippen molar-refractivity contribution >= 4 is 45.3 Å². The van der Waals surface area contributed by atoms with Crippen LogP contribution in [0.4, 0.5) is 28.4 Å². The lowest BCUT2D eigenvalue weighted by Gasteiger charge is -2.31. The van der Waals surface area contributed by atoms with Gasteiger partial charge in [-0.05, 0) is 123 Å². The summed E-state index contributed by atoms with van der Waals surface area (Å²) in [4.78, 5) is 4.72. The van der Waals surface area contributed by atoms with Gasteiger partial charge in [0.2, 0.25) is 0 Å². The molecule has 0 atom stereocenters. The predicted octanol–water partition coefficient (Wildman–Crippen LogP) is 18.7. The normalized spacial score (nSPS) is 14.9. The van der Waals surface area contributed by atoms with Crippen molar-refractivity contribution in [2.24, 2.45) is 0 Å². The molecule has 2 aliphatic rings. The van der Waals surface area contributed by atoms with Gasteiger partial charge in [-0.15, -0.1) is 0 Å². The van der Waals surface area contributed by atoms with Crippen molar-refractivity contribution in [2.75, 3.05) is 9.80 Å². The number of rotatable bonds is 9. The molecule has 0 amide bonds. The minimum absolute atomic E-state index is 0.212. The first-order chi connectivity index (χ1) is 34.4. The van der Waals surface area contributed by atoms with E-state index >= 15 is 0 Å². The van der Waals surface area contributed by atoms with Gasteiger partial charge in [0, 0.05) is 56.3 Å². The fourth-order valence-corrected chi connectivity index (χ4v) is 10.2. The molecule has 12 rings (SSSR count). The van der Waals surface area contributed by atoms with Gasteiger partial charge in [0.15, 0.2) is 0 Å². The molecule has 334 valence electrons. The summed E-state index contributed by atoms with van der Waals surface area (Å²) >= 11 is 0. The predicted molar refractivity (Wildman–Crippen MR) is 295 cm³/mol. The van der Waals surface area contributed by atoms with Crippen LogP contribution in [0, 0.1) is 0 Å². The van der Waals surface area contributed by atoms with Gasteiger partial charge >= 0.3 is 0 Å². The summed E-state index contributed by atoms with van der Waals surface area (Å²) in [6.07, 6.45) is 11.3. The maximum absolute atomic E-state index is 7.05. The van der Waals surface area contributed by atoms with E-state index in [9.17, 15) is 0 Å². The Bertz CT molecular complexity index is 3530. The molecule has 3 heteroatoms. The molecule has 0 spiro atoms. The van der Waals surface area contributed by atoms with Crippen molar-refractivity contribution in [3.05, 3.63) is 278 Å². The minimum atomic E-state index is -0.212. The minimum Gasteiger partial charge on any atom is -0.456 e. The number of anilines is 5. The molecule has 1 aliphatic carbocycles. The van der Waals surface area contributed by atoms with E-state index in [0.717, 1.165) is 67.5 Å². The van der Waals surface area contributed by atoms with Gasteiger partial charge in [-0.2, -0.15) is 0 Å². The largest absolute Gasteiger partial charge is 0.456 e. The summed E-state index contributed by atoms with van der Waals surface area (Å²) in [6, 6.07) is 84.7. The third-order valence-electron chi connectivity index (χ3n) is 13.8. The molecule has 0 fully saturated rings. The third kappa shape index (κ3) is 7.98. The molecule has 70 heavy (non-hydrogen) atoms. The lowest BCUT2D eigenvalue weighted by Crippen LogP contribution is -2.18. The van der Waals surface area contributed by atoms with Crippen LogP contribution in [0.2, 0.25) is 0 Å². The van der Waals surface area contributed by atoms with Crippen LogP contribution in [0.25, 0.3) is 61.4 Å². The number of ether oxygens (including phenoxy) is 1. The van der Waals surface area contributed by atoms with Crippen LogP contribution in [-0.2, 0) is 5.41 Å². The average molecular weight is 899 g/mol. The Labute approximate surface area is 410 Å². The van der Waals surface area contributed by atoms with Crippen molar-refractivity contribution in [2.45, 2.75) is 19.3 Å². The molecular formula is C67H50N2O. The highest BCUT2D eigenvalue weighted by Crippen LogP contribution is 2.52. The molecule has 0 bridgehead atoms. The highest BCUT2D eigenvalue weighted by Gasteiger charge is 2.27. The van der Waals surface area contributed by atoms with E-state index in [4.69, 9.17) is 4.74 Å². The quantitative estimate of drug-likeness (QED) is 0.144. The molecule has 1 heterocycles. The molecule has 3 nitrogen and oxygen atoms in total. The highest BCUT2D eigenvalue weighted by molar-refractivity contribution is 6.10. The number of nitrogens with zero attached hydrogens (tertiary/aromatic N) is 2. The topological polar surface area (TPSA) is 15.7 Å². The van der Waals surface area contributed by atoms with Crippen LogP contribution in [0.3, 0.4) is 0 Å². The molecular weight excluding hydrogens is 849 g/mol. The SMILES string of the molecule is CC1(C)/C=C/C(N(c2ccc(-c3ccccc3)cc2)c2ccc3c4c(cccc24)-c2ccc(N(c4ccc(-c5ccccc5)cc4)c4ccc(-c5ccccc5)cc4)cc2O3)=C\C=C\c2ccccc21. The highest BCUT2D eigenvalue weighted by atomic mass is 16.5. The molecule has 0 saturated heterocycles. The van der Waals surface area contributed by atoms with Crippen LogP contribution >= 0.6 is 0 Å². The third-order valence-corrected chi connectivity index (χ3v) is 13.8. The number of allylic oxidation sites excluding steroid dienone is 4. The molecule has 0 N–H and O–H groups in total. The van der Waals surface area contributed by atoms with Crippen LogP contribution in [0.5, 0.6) is 11.5 Å². The summed E-state index contributed by atoms with van der Waals surface area (Å²) in [6.45, 7) is 4.59. The number of hydrogen-bond donors (Lipinski definition) is 0. The van der Waals surface area contributed by atoms with Crippen molar-refractivity contribution in [1.29, 1.82) is 0 Å². The average Bonchev–Trinajstić information content (AvgIpc) is 3.48. The van der Waals surface area contributed by atoms with E-state index in [0.29, 0.717) is 0 Å². The van der Waals surface area contributed by atoms with Crippen LogP contribution in [0.15, 0.2) is 267 Å². The second-order valence-corrected chi connectivity index (χ2v) is 18.6. The molecule has 10 aromatic carbocycles. The number of benzene rings is 10. The molecule has 0 radical (unpaired) electrons.